The molecule has 4 rings (SSSR count). The Morgan fingerprint density at radius 3 is 2.14 bits per heavy atom. The Kier molecular flexibility index (Phi) is 1.81. The minimum atomic E-state index is 0.361. The minimum absolute atomic E-state index is 0.361. The summed E-state index contributed by atoms with van der Waals surface area (Å²) >= 11 is 0. The lowest BCUT2D eigenvalue weighted by Gasteiger charge is -2.62. The molecule has 0 aliphatic heterocycles. The van der Waals surface area contributed by atoms with Crippen LogP contribution in [0.3, 0.4) is 0 Å². The predicted molar refractivity (Wildman–Crippen MR) is 56.9 cm³/mol. The fraction of sp³-hybridized carbons (Fsp3) is 1.00. The number of aliphatic hydroxyl groups excluding tert-OH is 1. The third-order valence-corrected chi connectivity index (χ3v) is 5.39. The Morgan fingerprint density at radius 1 is 1.07 bits per heavy atom. The quantitative estimate of drug-likeness (QED) is 0.716. The smallest absolute Gasteiger partial charge is 0.0487 e. The van der Waals surface area contributed by atoms with Crippen LogP contribution in [0.25, 0.3) is 0 Å². The molecule has 1 N–H and O–H groups in total. The molecule has 1 nitrogen and oxygen atoms in total. The lowest BCUT2D eigenvalue weighted by atomic mass is 9.44. The van der Waals surface area contributed by atoms with E-state index in [0.717, 1.165) is 11.8 Å². The Bertz CT molecular complexity index is 210. The maximum Gasteiger partial charge on any atom is 0.0487 e. The summed E-state index contributed by atoms with van der Waals surface area (Å²) in [6.45, 7) is 2.82. The number of hydrogen-bond donors (Lipinski definition) is 1. The average molecular weight is 194 g/mol. The van der Waals surface area contributed by atoms with Crippen molar-refractivity contribution in [3.05, 3.63) is 0 Å². The van der Waals surface area contributed by atoms with Crippen LogP contribution in [-0.2, 0) is 0 Å². The zero-order valence-electron chi connectivity index (χ0n) is 9.26. The van der Waals surface area contributed by atoms with Crippen LogP contribution in [-0.4, -0.2) is 11.7 Å². The molecule has 2 atom stereocenters. The lowest BCUT2D eigenvalue weighted by molar-refractivity contribution is -0.130. The van der Waals surface area contributed by atoms with Gasteiger partial charge in [-0.3, -0.25) is 0 Å². The van der Waals surface area contributed by atoms with Crippen molar-refractivity contribution in [2.24, 2.45) is 22.7 Å². The van der Waals surface area contributed by atoms with Crippen molar-refractivity contribution in [1.29, 1.82) is 0 Å². The van der Waals surface area contributed by atoms with Gasteiger partial charge in [-0.15, -0.1) is 0 Å². The SMILES string of the molecule is CCC12CC3CC(C1)CC(CO)(C3)C2. The van der Waals surface area contributed by atoms with Gasteiger partial charge in [-0.2, -0.15) is 0 Å². The molecule has 0 radical (unpaired) electrons. The number of rotatable bonds is 2. The summed E-state index contributed by atoms with van der Waals surface area (Å²) in [6.07, 6.45) is 9.78. The molecule has 1 heteroatoms. The van der Waals surface area contributed by atoms with Crippen LogP contribution >= 0.6 is 0 Å². The first-order valence-corrected chi connectivity index (χ1v) is 6.30. The third kappa shape index (κ3) is 1.11. The first-order chi connectivity index (χ1) is 6.69. The number of aliphatic hydroxyl groups is 1. The predicted octanol–water partition coefficient (Wildman–Crippen LogP) is 2.98. The van der Waals surface area contributed by atoms with Crippen molar-refractivity contribution in [3.8, 4) is 0 Å². The van der Waals surface area contributed by atoms with Crippen molar-refractivity contribution in [3.63, 3.8) is 0 Å². The molecule has 80 valence electrons. The summed E-state index contributed by atoms with van der Waals surface area (Å²) in [6, 6.07) is 0. The van der Waals surface area contributed by atoms with Gasteiger partial charge in [0.1, 0.15) is 0 Å². The van der Waals surface area contributed by atoms with Gasteiger partial charge in [-0.1, -0.05) is 13.3 Å². The fourth-order valence-electron chi connectivity index (χ4n) is 5.25. The Morgan fingerprint density at radius 2 is 1.64 bits per heavy atom. The van der Waals surface area contributed by atoms with E-state index in [4.69, 9.17) is 0 Å². The van der Waals surface area contributed by atoms with Gasteiger partial charge in [0.05, 0.1) is 0 Å². The van der Waals surface area contributed by atoms with Gasteiger partial charge in [-0.25, -0.2) is 0 Å². The summed E-state index contributed by atoms with van der Waals surface area (Å²) in [5.74, 6) is 1.92. The van der Waals surface area contributed by atoms with Gasteiger partial charge in [0.2, 0.25) is 0 Å². The second-order valence-electron chi connectivity index (χ2n) is 6.47. The van der Waals surface area contributed by atoms with E-state index in [-0.39, 0.29) is 0 Å². The highest BCUT2D eigenvalue weighted by atomic mass is 16.3. The topological polar surface area (TPSA) is 20.2 Å². The van der Waals surface area contributed by atoms with Crippen molar-refractivity contribution < 1.29 is 5.11 Å². The van der Waals surface area contributed by atoms with Crippen molar-refractivity contribution in [2.45, 2.75) is 51.9 Å². The maximum atomic E-state index is 9.64. The summed E-state index contributed by atoms with van der Waals surface area (Å²) in [5, 5.41) is 9.64. The molecule has 2 unspecified atom stereocenters. The third-order valence-electron chi connectivity index (χ3n) is 5.39. The average Bonchev–Trinajstić information content (AvgIpc) is 2.16. The minimum Gasteiger partial charge on any atom is -0.396 e. The van der Waals surface area contributed by atoms with Gasteiger partial charge in [0.15, 0.2) is 0 Å². The molecular weight excluding hydrogens is 172 g/mol. The molecule has 4 aliphatic carbocycles. The molecule has 4 bridgehead atoms. The van der Waals surface area contributed by atoms with E-state index >= 15 is 0 Å². The van der Waals surface area contributed by atoms with Crippen molar-refractivity contribution >= 4 is 0 Å². The van der Waals surface area contributed by atoms with Crippen LogP contribution < -0.4 is 0 Å². The second-order valence-corrected chi connectivity index (χ2v) is 6.47. The normalized spacial score (nSPS) is 55.3. The van der Waals surface area contributed by atoms with Crippen LogP contribution in [0, 0.1) is 22.7 Å². The monoisotopic (exact) mass is 194 g/mol. The summed E-state index contributed by atoms with van der Waals surface area (Å²) in [5.41, 5.74) is 1.01. The molecule has 4 fully saturated rings. The van der Waals surface area contributed by atoms with Gasteiger partial charge in [-0.05, 0) is 61.2 Å². The molecule has 4 saturated carbocycles. The second kappa shape index (κ2) is 2.75. The van der Waals surface area contributed by atoms with Gasteiger partial charge in [0.25, 0.3) is 0 Å². The molecule has 0 saturated heterocycles. The molecule has 4 aliphatic rings. The molecule has 14 heavy (non-hydrogen) atoms. The van der Waals surface area contributed by atoms with Crippen LogP contribution in [0.15, 0.2) is 0 Å². The van der Waals surface area contributed by atoms with E-state index in [0.29, 0.717) is 17.4 Å². The molecule has 0 spiro atoms. The highest BCUT2D eigenvalue weighted by molar-refractivity contribution is 5.06. The van der Waals surface area contributed by atoms with E-state index in [1.54, 1.807) is 0 Å². The first-order valence-electron chi connectivity index (χ1n) is 6.30. The largest absolute Gasteiger partial charge is 0.396 e. The molecule has 0 aromatic heterocycles. The molecule has 0 heterocycles. The number of hydrogen-bond acceptors (Lipinski definition) is 1. The zero-order chi connectivity index (χ0) is 9.81. The van der Waals surface area contributed by atoms with Gasteiger partial charge >= 0.3 is 0 Å². The van der Waals surface area contributed by atoms with E-state index < -0.39 is 0 Å². The molecule has 0 amide bonds. The highest BCUT2D eigenvalue weighted by Gasteiger charge is 2.56. The maximum absolute atomic E-state index is 9.64. The van der Waals surface area contributed by atoms with E-state index in [2.05, 4.69) is 6.92 Å². The molecule has 0 aromatic carbocycles. The van der Waals surface area contributed by atoms with Crippen LogP contribution in [0.2, 0.25) is 0 Å². The summed E-state index contributed by atoms with van der Waals surface area (Å²) in [7, 11) is 0. The zero-order valence-corrected chi connectivity index (χ0v) is 9.26. The standard InChI is InChI=1S/C13H22O/c1-2-12-4-10-3-11(5-12)7-13(6-10,8-12)9-14/h10-11,14H,2-9H2,1H3. The fourth-order valence-corrected chi connectivity index (χ4v) is 5.25. The Labute approximate surface area is 86.9 Å². The summed E-state index contributed by atoms with van der Waals surface area (Å²) in [4.78, 5) is 0. The highest BCUT2D eigenvalue weighted by Crippen LogP contribution is 2.65. The van der Waals surface area contributed by atoms with Crippen molar-refractivity contribution in [2.75, 3.05) is 6.61 Å². The molecule has 0 aromatic rings. The Balaban J connectivity index is 1.94. The van der Waals surface area contributed by atoms with Gasteiger partial charge in [0, 0.05) is 6.61 Å². The lowest BCUT2D eigenvalue weighted by Crippen LogP contribution is -2.53. The van der Waals surface area contributed by atoms with E-state index in [1.165, 1.54) is 44.9 Å². The van der Waals surface area contributed by atoms with Crippen LogP contribution in [0.5, 0.6) is 0 Å². The van der Waals surface area contributed by atoms with Crippen LogP contribution in [0.1, 0.15) is 51.9 Å². The summed E-state index contributed by atoms with van der Waals surface area (Å²) < 4.78 is 0. The molecular formula is C13H22O. The van der Waals surface area contributed by atoms with E-state index in [9.17, 15) is 5.11 Å². The van der Waals surface area contributed by atoms with Crippen LogP contribution in [0.4, 0.5) is 0 Å². The van der Waals surface area contributed by atoms with Gasteiger partial charge < -0.3 is 5.11 Å². The Hall–Kier alpha value is -0.0400. The first kappa shape index (κ1) is 9.21. The van der Waals surface area contributed by atoms with E-state index in [1.807, 2.05) is 0 Å². The van der Waals surface area contributed by atoms with Crippen molar-refractivity contribution in [1.82, 2.24) is 0 Å².